The van der Waals surface area contributed by atoms with Crippen LogP contribution in [0.25, 0.3) is 0 Å². The van der Waals surface area contributed by atoms with Gasteiger partial charge in [0.15, 0.2) is 0 Å². The molecule has 2 rings (SSSR count). The van der Waals surface area contributed by atoms with Gasteiger partial charge in [-0.2, -0.15) is 0 Å². The Labute approximate surface area is 73.1 Å². The second kappa shape index (κ2) is 3.05. The van der Waals surface area contributed by atoms with Crippen molar-refractivity contribution in [3.8, 4) is 0 Å². The average molecular weight is 168 g/mol. The first-order valence-corrected chi connectivity index (χ1v) is 4.79. The van der Waals surface area contributed by atoms with Crippen molar-refractivity contribution in [3.63, 3.8) is 0 Å². The lowest BCUT2D eigenvalue weighted by molar-refractivity contribution is -0.135. The Morgan fingerprint density at radius 3 is 3.00 bits per heavy atom. The van der Waals surface area contributed by atoms with E-state index in [0.29, 0.717) is 0 Å². The fourth-order valence-corrected chi connectivity index (χ4v) is 1.68. The quantitative estimate of drug-likeness (QED) is 0.639. The molecule has 0 bridgehead atoms. The molecule has 12 heavy (non-hydrogen) atoms. The Bertz CT molecular complexity index is 189. The van der Waals surface area contributed by atoms with Crippen molar-refractivity contribution in [2.24, 2.45) is 5.92 Å². The minimum absolute atomic E-state index is 0.0394. The molecule has 2 aliphatic rings. The topological polar surface area (TPSA) is 32.3 Å². The van der Waals surface area contributed by atoms with E-state index < -0.39 is 0 Å². The molecular weight excluding hydrogens is 152 g/mol. The van der Waals surface area contributed by atoms with Crippen LogP contribution in [0.4, 0.5) is 0 Å². The van der Waals surface area contributed by atoms with E-state index in [4.69, 9.17) is 0 Å². The van der Waals surface area contributed by atoms with Crippen LogP contribution in [0.3, 0.4) is 0 Å². The molecule has 1 unspecified atom stereocenters. The molecule has 0 aromatic rings. The van der Waals surface area contributed by atoms with Gasteiger partial charge in [0, 0.05) is 19.6 Å². The maximum Gasteiger partial charge on any atom is 0.239 e. The van der Waals surface area contributed by atoms with Crippen molar-refractivity contribution in [1.82, 2.24) is 10.2 Å². The van der Waals surface area contributed by atoms with Gasteiger partial charge >= 0.3 is 0 Å². The summed E-state index contributed by atoms with van der Waals surface area (Å²) in [6.07, 6.45) is 2.65. The smallest absolute Gasteiger partial charge is 0.239 e. The van der Waals surface area contributed by atoms with Gasteiger partial charge in [0.1, 0.15) is 0 Å². The van der Waals surface area contributed by atoms with E-state index in [1.807, 2.05) is 11.8 Å². The zero-order valence-corrected chi connectivity index (χ0v) is 7.55. The lowest BCUT2D eigenvalue weighted by Crippen LogP contribution is -2.54. The monoisotopic (exact) mass is 168 g/mol. The fraction of sp³-hybridized carbons (Fsp3) is 0.889. The molecule has 0 aromatic carbocycles. The molecule has 0 spiro atoms. The summed E-state index contributed by atoms with van der Waals surface area (Å²) < 4.78 is 0. The third-order valence-corrected chi connectivity index (χ3v) is 2.69. The molecule has 3 heteroatoms. The van der Waals surface area contributed by atoms with Crippen LogP contribution >= 0.6 is 0 Å². The first kappa shape index (κ1) is 8.05. The number of nitrogens with zero attached hydrogens (tertiary/aromatic N) is 1. The van der Waals surface area contributed by atoms with Crippen LogP contribution in [0, 0.1) is 5.92 Å². The predicted octanol–water partition coefficient (Wildman–Crippen LogP) is 0.217. The van der Waals surface area contributed by atoms with Gasteiger partial charge < -0.3 is 10.2 Å². The van der Waals surface area contributed by atoms with Gasteiger partial charge in [0.05, 0.1) is 6.04 Å². The van der Waals surface area contributed by atoms with Crippen LogP contribution in [-0.2, 0) is 4.79 Å². The largest absolute Gasteiger partial charge is 0.340 e. The van der Waals surface area contributed by atoms with Crippen LogP contribution in [0.5, 0.6) is 0 Å². The third-order valence-electron chi connectivity index (χ3n) is 2.69. The maximum atomic E-state index is 11.6. The van der Waals surface area contributed by atoms with Crippen molar-refractivity contribution in [2.45, 2.75) is 25.8 Å². The molecule has 2 fully saturated rings. The molecule has 1 saturated heterocycles. The summed E-state index contributed by atoms with van der Waals surface area (Å²) in [6, 6.07) is 0.0394. The number of rotatable bonds is 2. The fourth-order valence-electron chi connectivity index (χ4n) is 1.68. The number of piperazine rings is 1. The highest BCUT2D eigenvalue weighted by molar-refractivity contribution is 5.82. The Hall–Kier alpha value is -0.570. The lowest BCUT2D eigenvalue weighted by atomic mass is 10.2. The Morgan fingerprint density at radius 1 is 1.58 bits per heavy atom. The van der Waals surface area contributed by atoms with Gasteiger partial charge in [0.2, 0.25) is 5.91 Å². The van der Waals surface area contributed by atoms with E-state index in [0.717, 1.165) is 25.6 Å². The molecular formula is C9H16N2O. The van der Waals surface area contributed by atoms with Crippen LogP contribution in [0.2, 0.25) is 0 Å². The van der Waals surface area contributed by atoms with Gasteiger partial charge in [-0.15, -0.1) is 0 Å². The van der Waals surface area contributed by atoms with E-state index in [9.17, 15) is 4.79 Å². The van der Waals surface area contributed by atoms with Crippen molar-refractivity contribution in [3.05, 3.63) is 0 Å². The number of hydrogen-bond donors (Lipinski definition) is 1. The summed E-state index contributed by atoms with van der Waals surface area (Å²) in [4.78, 5) is 13.6. The number of carbonyl (C=O) groups is 1. The zero-order chi connectivity index (χ0) is 8.55. The summed E-state index contributed by atoms with van der Waals surface area (Å²) >= 11 is 0. The highest BCUT2D eigenvalue weighted by Crippen LogP contribution is 2.29. The van der Waals surface area contributed by atoms with Crippen molar-refractivity contribution < 1.29 is 4.79 Å². The highest BCUT2D eigenvalue weighted by Gasteiger charge is 2.30. The second-order valence-corrected chi connectivity index (χ2v) is 3.90. The average Bonchev–Trinajstić information content (AvgIpc) is 2.83. The summed E-state index contributed by atoms with van der Waals surface area (Å²) in [6.45, 7) is 4.81. The van der Waals surface area contributed by atoms with Gasteiger partial charge in [-0.05, 0) is 25.7 Å². The normalized spacial score (nSPS) is 30.9. The third kappa shape index (κ3) is 1.61. The van der Waals surface area contributed by atoms with Gasteiger partial charge in [0.25, 0.3) is 0 Å². The van der Waals surface area contributed by atoms with E-state index in [2.05, 4.69) is 5.32 Å². The van der Waals surface area contributed by atoms with Crippen LogP contribution in [0.1, 0.15) is 19.8 Å². The summed E-state index contributed by atoms with van der Waals surface area (Å²) in [5.74, 6) is 1.10. The summed E-state index contributed by atoms with van der Waals surface area (Å²) in [5, 5.41) is 3.16. The lowest BCUT2D eigenvalue weighted by Gasteiger charge is -2.31. The first-order chi connectivity index (χ1) is 5.77. The van der Waals surface area contributed by atoms with Crippen molar-refractivity contribution >= 4 is 5.91 Å². The van der Waals surface area contributed by atoms with E-state index in [1.54, 1.807) is 0 Å². The number of amides is 1. The zero-order valence-electron chi connectivity index (χ0n) is 7.55. The standard InChI is InChI=1S/C9H16N2O/c1-7-9(12)11(5-4-10-7)6-8-2-3-8/h7-8,10H,2-6H2,1H3. The number of nitrogens with one attached hydrogen (secondary N) is 1. The highest BCUT2D eigenvalue weighted by atomic mass is 16.2. The van der Waals surface area contributed by atoms with E-state index in [-0.39, 0.29) is 11.9 Å². The Kier molecular flexibility index (Phi) is 2.05. The Morgan fingerprint density at radius 2 is 2.33 bits per heavy atom. The molecule has 1 N–H and O–H groups in total. The van der Waals surface area contributed by atoms with Crippen molar-refractivity contribution in [2.75, 3.05) is 19.6 Å². The molecule has 1 aliphatic heterocycles. The molecule has 1 saturated carbocycles. The minimum atomic E-state index is 0.0394. The SMILES string of the molecule is CC1NCCN(CC2CC2)C1=O. The van der Waals surface area contributed by atoms with Gasteiger partial charge in [-0.3, -0.25) is 4.79 Å². The first-order valence-electron chi connectivity index (χ1n) is 4.79. The minimum Gasteiger partial charge on any atom is -0.340 e. The molecule has 1 aliphatic carbocycles. The summed E-state index contributed by atoms with van der Waals surface area (Å²) in [5.41, 5.74) is 0. The van der Waals surface area contributed by atoms with Gasteiger partial charge in [-0.1, -0.05) is 0 Å². The van der Waals surface area contributed by atoms with E-state index in [1.165, 1.54) is 12.8 Å². The maximum absolute atomic E-state index is 11.6. The molecule has 0 radical (unpaired) electrons. The van der Waals surface area contributed by atoms with Crippen molar-refractivity contribution in [1.29, 1.82) is 0 Å². The summed E-state index contributed by atoms with van der Waals surface area (Å²) in [7, 11) is 0. The molecule has 1 atom stereocenters. The molecule has 0 aromatic heterocycles. The predicted molar refractivity (Wildman–Crippen MR) is 46.8 cm³/mol. The van der Waals surface area contributed by atoms with Crippen LogP contribution in [0.15, 0.2) is 0 Å². The molecule has 1 amide bonds. The van der Waals surface area contributed by atoms with E-state index >= 15 is 0 Å². The number of hydrogen-bond acceptors (Lipinski definition) is 2. The van der Waals surface area contributed by atoms with Gasteiger partial charge in [-0.25, -0.2) is 0 Å². The second-order valence-electron chi connectivity index (χ2n) is 3.90. The van der Waals surface area contributed by atoms with Crippen LogP contribution < -0.4 is 5.32 Å². The Balaban J connectivity index is 1.89. The van der Waals surface area contributed by atoms with Crippen LogP contribution in [-0.4, -0.2) is 36.5 Å². The molecule has 68 valence electrons. The number of carbonyl (C=O) groups excluding carboxylic acids is 1. The molecule has 3 nitrogen and oxygen atoms in total. The molecule has 1 heterocycles.